The molecule has 3 N–H and O–H groups in total. The van der Waals surface area contributed by atoms with E-state index in [9.17, 15) is 77.1 Å². The zero-order chi connectivity index (χ0) is 83.6. The van der Waals surface area contributed by atoms with E-state index in [1.165, 1.54) is 108 Å². The third-order valence-electron chi connectivity index (χ3n) is 20.8. The molecule has 19 nitrogen and oxygen atoms in total. The fourth-order valence-electron chi connectivity index (χ4n) is 14.8. The quantitative estimate of drug-likeness (QED) is 0.0966. The minimum Gasteiger partial charge on any atom is -0.322 e. The number of nitrogens with zero attached hydrogens (tertiary/aromatic N) is 10. The van der Waals surface area contributed by atoms with Crippen LogP contribution in [0.15, 0.2) is 219 Å². The molecule has 1 saturated carbocycles. The molecule has 0 bridgehead atoms. The van der Waals surface area contributed by atoms with Gasteiger partial charge in [0.25, 0.3) is 17.7 Å². The van der Waals surface area contributed by atoms with Crippen molar-refractivity contribution < 1.29 is 77.1 Å². The van der Waals surface area contributed by atoms with Crippen LogP contribution in [0, 0.1) is 32.4 Å². The van der Waals surface area contributed by atoms with Crippen molar-refractivity contribution in [3.63, 3.8) is 0 Å². The number of nitrogens with one attached hydrogen (secondary N) is 3. The van der Waals surface area contributed by atoms with Gasteiger partial charge in [0.15, 0.2) is 0 Å². The highest BCUT2D eigenvalue weighted by Gasteiger charge is 2.57. The van der Waals surface area contributed by atoms with Crippen molar-refractivity contribution in [2.24, 2.45) is 0 Å². The van der Waals surface area contributed by atoms with E-state index in [0.29, 0.717) is 80.2 Å². The molecule has 7 aromatic carbocycles. The number of hydrogen-bond acceptors (Lipinski definition) is 13. The van der Waals surface area contributed by atoms with Crippen molar-refractivity contribution in [2.45, 2.75) is 103 Å². The molecule has 0 radical (unpaired) electrons. The number of hydrogen-bond donors (Lipinski definition) is 3. The van der Waals surface area contributed by atoms with Crippen LogP contribution in [0.25, 0.3) is 33.4 Å². The van der Waals surface area contributed by atoms with Gasteiger partial charge in [-0.3, -0.25) is 38.7 Å². The van der Waals surface area contributed by atoms with E-state index in [2.05, 4.69) is 50.8 Å². The van der Waals surface area contributed by atoms with Crippen LogP contribution in [0.1, 0.15) is 128 Å². The fraction of sp³-hybridized carbons (Fsp3) is 0.184. The van der Waals surface area contributed by atoms with Gasteiger partial charge in [-0.25, -0.2) is 48.5 Å². The van der Waals surface area contributed by atoms with Crippen molar-refractivity contribution in [3.05, 3.63) is 298 Å². The molecule has 16 rings (SSSR count). The number of amides is 6. The molecule has 12 aromatic rings. The maximum absolute atomic E-state index is 14.0. The summed E-state index contributed by atoms with van der Waals surface area (Å²) in [6.45, 7) is 11.7. The van der Waals surface area contributed by atoms with Crippen molar-refractivity contribution >= 4 is 87.4 Å². The Morgan fingerprint density at radius 3 is 1.22 bits per heavy atom. The highest BCUT2D eigenvalue weighted by Crippen LogP contribution is 2.58. The summed E-state index contributed by atoms with van der Waals surface area (Å²) in [5.74, 6) is -4.05. The molecule has 5 aromatic heterocycles. The standard InChI is InChI=1S/C30H23F3N4O2.C29H22F4N4O2.C28H21F4N5O2/c1-18-7-10-20(11-8-18)36-26(38)22-17-19(9-12-23(22)30(31,32)33)21-5-2-6-24-25(21)29(13-3-14-29)27(39)37(24)28-34-15-4-16-35-28;1-16-6-8-18(14-23(16)30)36-26(38)21-13-17(7-9-22(21)29(31,32)33)20-10-12-35-25-24(20)28(2,3)27(39)37(25)19-5-4-11-34-15-19;1-15-5-7-17(14-21(15)29)36-24(38)19-13-16(6-8-20(19)28(30,31)32)18-9-12-33-23-22(18)27(2,3)25(39)37(23)26-34-10-4-11-35-26/h2,4-12,15-17H,3,13-14H2,1H3,(H,36,38);4-15H,1-3H3,(H,36,38);4-14H,1-3H3,(H,36,38). The molecule has 0 atom stereocenters. The van der Waals surface area contributed by atoms with Gasteiger partial charge in [-0.2, -0.15) is 39.5 Å². The van der Waals surface area contributed by atoms with Crippen LogP contribution >= 0.6 is 0 Å². The number of pyridine rings is 3. The van der Waals surface area contributed by atoms with Crippen LogP contribution in [0.3, 0.4) is 0 Å². The summed E-state index contributed by atoms with van der Waals surface area (Å²) in [6, 6.07) is 39.6. The molecular weight excluding hydrogens is 1530 g/mol. The lowest BCUT2D eigenvalue weighted by molar-refractivity contribution is -0.138. The summed E-state index contributed by atoms with van der Waals surface area (Å²) in [4.78, 5) is 114. The van der Waals surface area contributed by atoms with Gasteiger partial charge < -0.3 is 16.0 Å². The van der Waals surface area contributed by atoms with Crippen LogP contribution in [-0.2, 0) is 49.2 Å². The summed E-state index contributed by atoms with van der Waals surface area (Å²) >= 11 is 0. The normalized spacial score (nSPS) is 14.8. The van der Waals surface area contributed by atoms with E-state index >= 15 is 0 Å². The Morgan fingerprint density at radius 2 is 0.812 bits per heavy atom. The predicted octanol–water partition coefficient (Wildman–Crippen LogP) is 19.9. The molecule has 4 aliphatic rings. The van der Waals surface area contributed by atoms with Crippen molar-refractivity contribution in [1.82, 2.24) is 34.9 Å². The Kier molecular flexibility index (Phi) is 20.8. The molecule has 592 valence electrons. The average molecular weight is 1600 g/mol. The van der Waals surface area contributed by atoms with E-state index < -0.39 is 97.5 Å². The van der Waals surface area contributed by atoms with Crippen LogP contribution < -0.4 is 30.7 Å². The first kappa shape index (κ1) is 79.8. The van der Waals surface area contributed by atoms with Crippen molar-refractivity contribution in [1.29, 1.82) is 0 Å². The Balaban J connectivity index is 0.000000144. The maximum atomic E-state index is 14.0. The minimum atomic E-state index is -4.83. The third kappa shape index (κ3) is 15.0. The smallest absolute Gasteiger partial charge is 0.322 e. The first-order valence-electron chi connectivity index (χ1n) is 36.3. The Labute approximate surface area is 660 Å². The Hall–Kier alpha value is -13.8. The lowest BCUT2D eigenvalue weighted by atomic mass is 9.63. The van der Waals surface area contributed by atoms with E-state index in [1.54, 1.807) is 125 Å². The number of benzene rings is 7. The molecule has 3 aliphatic heterocycles. The van der Waals surface area contributed by atoms with Crippen LogP contribution in [0.2, 0.25) is 0 Å². The monoisotopic (exact) mass is 1600 g/mol. The highest BCUT2D eigenvalue weighted by molar-refractivity contribution is 6.17. The Bertz CT molecular complexity index is 5740. The van der Waals surface area contributed by atoms with Gasteiger partial charge >= 0.3 is 18.5 Å². The molecule has 117 heavy (non-hydrogen) atoms. The second kappa shape index (κ2) is 30.5. The number of halogens is 11. The maximum Gasteiger partial charge on any atom is 0.417 e. The van der Waals surface area contributed by atoms with Crippen molar-refractivity contribution in [3.8, 4) is 33.4 Å². The molecule has 1 fully saturated rings. The van der Waals surface area contributed by atoms with Gasteiger partial charge in [0.1, 0.15) is 23.3 Å². The number of aromatic nitrogens is 7. The number of carbonyl (C=O) groups is 6. The topological polar surface area (TPSA) is 238 Å². The molecule has 30 heteroatoms. The fourth-order valence-corrected chi connectivity index (χ4v) is 14.8. The molecule has 8 heterocycles. The largest absolute Gasteiger partial charge is 0.417 e. The molecule has 0 unspecified atom stereocenters. The van der Waals surface area contributed by atoms with Gasteiger partial charge in [-0.05, 0) is 227 Å². The van der Waals surface area contributed by atoms with Gasteiger partial charge in [0.2, 0.25) is 29.6 Å². The average Bonchev–Trinajstić information content (AvgIpc) is 1.61. The molecule has 1 aliphatic carbocycles. The van der Waals surface area contributed by atoms with E-state index in [0.717, 1.165) is 60.0 Å². The van der Waals surface area contributed by atoms with Gasteiger partial charge in [0.05, 0.1) is 67.2 Å². The minimum absolute atomic E-state index is 0.0108. The predicted molar refractivity (Wildman–Crippen MR) is 415 cm³/mol. The van der Waals surface area contributed by atoms with Crippen LogP contribution in [0.4, 0.5) is 100 Å². The highest BCUT2D eigenvalue weighted by atomic mass is 19.4. The summed E-state index contributed by atoms with van der Waals surface area (Å²) in [6.07, 6.45) is -0.284. The van der Waals surface area contributed by atoms with E-state index in [-0.39, 0.29) is 57.9 Å². The second-order valence-corrected chi connectivity index (χ2v) is 29.2. The summed E-state index contributed by atoms with van der Waals surface area (Å²) in [5, 5.41) is 7.30. The number of alkyl halides is 9. The van der Waals surface area contributed by atoms with Gasteiger partial charge in [-0.15, -0.1) is 0 Å². The van der Waals surface area contributed by atoms with E-state index in [1.807, 2.05) is 6.92 Å². The Morgan fingerprint density at radius 1 is 0.402 bits per heavy atom. The molecule has 1 spiro atoms. The second-order valence-electron chi connectivity index (χ2n) is 29.2. The summed E-state index contributed by atoms with van der Waals surface area (Å²) < 4.78 is 153. The van der Waals surface area contributed by atoms with Gasteiger partial charge in [-0.1, -0.05) is 66.6 Å². The molecule has 0 saturated heterocycles. The zero-order valence-electron chi connectivity index (χ0n) is 63.0. The lowest BCUT2D eigenvalue weighted by Crippen LogP contribution is -2.44. The summed E-state index contributed by atoms with van der Waals surface area (Å²) in [5.41, 5.74) is -0.873. The van der Waals surface area contributed by atoms with Crippen LogP contribution in [0.5, 0.6) is 0 Å². The molecule has 6 amide bonds. The first-order valence-corrected chi connectivity index (χ1v) is 36.3. The summed E-state index contributed by atoms with van der Waals surface area (Å²) in [7, 11) is 0. The molecular formula is C87H66F11N13O6. The number of aryl methyl sites for hydroxylation is 3. The first-order chi connectivity index (χ1) is 55.5. The van der Waals surface area contributed by atoms with Crippen LogP contribution in [-0.4, -0.2) is 70.3 Å². The lowest BCUT2D eigenvalue weighted by Gasteiger charge is -2.37. The van der Waals surface area contributed by atoms with Crippen molar-refractivity contribution in [2.75, 3.05) is 30.7 Å². The number of fused-ring (bicyclic) bond motifs is 4. The third-order valence-corrected chi connectivity index (χ3v) is 20.8. The SMILES string of the molecule is Cc1ccc(NC(=O)c2cc(-c3cccc4c3C3(CCC3)C(=O)N4c3ncccn3)ccc2C(F)(F)F)cc1.Cc1ccc(NC(=O)c2cc(-c3ccnc4c3C(C)(C)C(=O)N4c3cccnc3)ccc2C(F)(F)F)cc1F.Cc1ccc(NC(=O)c2cc(-c3ccnc4c3C(C)(C)C(=O)N4c3ncccn3)ccc2C(F)(F)F)cc1F. The number of carbonyl (C=O) groups excluding carboxylic acids is 6. The number of rotatable bonds is 12. The van der Waals surface area contributed by atoms with Gasteiger partial charge in [0, 0.05) is 71.6 Å². The zero-order valence-corrected chi connectivity index (χ0v) is 63.0. The number of anilines is 9. The van der Waals surface area contributed by atoms with E-state index in [4.69, 9.17) is 0 Å².